The lowest BCUT2D eigenvalue weighted by Gasteiger charge is -2.17. The minimum atomic E-state index is 1.23. The van der Waals surface area contributed by atoms with E-state index in [0.717, 1.165) is 0 Å². The number of hydrogen-bond donors (Lipinski definition) is 0. The van der Waals surface area contributed by atoms with Gasteiger partial charge in [-0.25, -0.2) is 0 Å². The minimum Gasteiger partial charge on any atom is -0.0622 e. The molecule has 0 spiro atoms. The monoisotopic (exact) mass is 338 g/mol. The van der Waals surface area contributed by atoms with E-state index < -0.39 is 0 Å². The van der Waals surface area contributed by atoms with Crippen LogP contribution in [0.1, 0.15) is 44.5 Å². The summed E-state index contributed by atoms with van der Waals surface area (Å²) in [5, 5.41) is 0. The van der Waals surface area contributed by atoms with Gasteiger partial charge in [0.1, 0.15) is 0 Å². The van der Waals surface area contributed by atoms with Crippen molar-refractivity contribution < 1.29 is 0 Å². The van der Waals surface area contributed by atoms with Crippen molar-refractivity contribution in [2.75, 3.05) is 0 Å². The van der Waals surface area contributed by atoms with Crippen molar-refractivity contribution in [1.29, 1.82) is 0 Å². The molecule has 0 bridgehead atoms. The van der Waals surface area contributed by atoms with Gasteiger partial charge in [-0.05, 0) is 72.2 Å². The number of benzene rings is 3. The second kappa shape index (κ2) is 8.01. The van der Waals surface area contributed by atoms with Crippen LogP contribution in [-0.2, 0) is 0 Å². The average molecular weight is 338 g/mol. The zero-order valence-electron chi connectivity index (χ0n) is 16.1. The van der Waals surface area contributed by atoms with E-state index >= 15 is 0 Å². The summed E-state index contributed by atoms with van der Waals surface area (Å²) < 4.78 is 0. The van der Waals surface area contributed by atoms with Crippen LogP contribution in [0.5, 0.6) is 0 Å². The van der Waals surface area contributed by atoms with E-state index in [1.807, 2.05) is 0 Å². The van der Waals surface area contributed by atoms with Gasteiger partial charge in [-0.15, -0.1) is 0 Å². The Morgan fingerprint density at radius 2 is 0.731 bits per heavy atom. The average Bonchev–Trinajstić information content (AvgIpc) is 2.68. The van der Waals surface area contributed by atoms with Crippen LogP contribution in [-0.4, -0.2) is 0 Å². The molecule has 0 radical (unpaired) electrons. The van der Waals surface area contributed by atoms with Crippen LogP contribution in [0.15, 0.2) is 60.7 Å². The normalized spacial score (nSPS) is 11.5. The van der Waals surface area contributed by atoms with Crippen molar-refractivity contribution in [3.8, 4) is 0 Å². The van der Waals surface area contributed by atoms with E-state index in [0.29, 0.717) is 0 Å². The molecule has 0 amide bonds. The maximum Gasteiger partial charge on any atom is -0.0192 e. The molecular weight excluding hydrogens is 312 g/mol. The van der Waals surface area contributed by atoms with Crippen molar-refractivity contribution in [3.63, 3.8) is 0 Å². The van der Waals surface area contributed by atoms with Gasteiger partial charge in [-0.3, -0.25) is 0 Å². The van der Waals surface area contributed by atoms with Crippen LogP contribution in [0, 0.1) is 27.7 Å². The van der Waals surface area contributed by atoms with Gasteiger partial charge in [0.2, 0.25) is 0 Å². The Kier molecular flexibility index (Phi) is 5.53. The smallest absolute Gasteiger partial charge is 0.0192 e. The third kappa shape index (κ3) is 3.86. The molecule has 3 aromatic carbocycles. The molecule has 0 heteroatoms. The molecule has 0 N–H and O–H groups in total. The Morgan fingerprint density at radius 1 is 0.423 bits per heavy atom. The van der Waals surface area contributed by atoms with Gasteiger partial charge in [0.25, 0.3) is 0 Å². The summed E-state index contributed by atoms with van der Waals surface area (Å²) in [7, 11) is 0. The first-order valence-corrected chi connectivity index (χ1v) is 9.14. The van der Waals surface area contributed by atoms with Gasteiger partial charge in [0, 0.05) is 0 Å². The second-order valence-electron chi connectivity index (χ2n) is 6.82. The predicted molar refractivity (Wildman–Crippen MR) is 116 cm³/mol. The van der Waals surface area contributed by atoms with Crippen molar-refractivity contribution in [2.24, 2.45) is 0 Å². The Hall–Kier alpha value is -2.86. The Labute approximate surface area is 157 Å². The van der Waals surface area contributed by atoms with E-state index in [9.17, 15) is 0 Å². The van der Waals surface area contributed by atoms with Crippen LogP contribution in [0.4, 0.5) is 0 Å². The van der Waals surface area contributed by atoms with Crippen LogP contribution in [0.2, 0.25) is 0 Å². The van der Waals surface area contributed by atoms with Crippen molar-refractivity contribution in [2.45, 2.75) is 27.7 Å². The molecule has 0 fully saturated rings. The zero-order valence-corrected chi connectivity index (χ0v) is 16.1. The molecule has 0 aliphatic rings. The van der Waals surface area contributed by atoms with Gasteiger partial charge in [0.05, 0.1) is 0 Å². The third-order valence-corrected chi connectivity index (χ3v) is 5.23. The first kappa shape index (κ1) is 17.9. The molecule has 0 nitrogen and oxygen atoms in total. The highest BCUT2D eigenvalue weighted by Crippen LogP contribution is 2.29. The summed E-state index contributed by atoms with van der Waals surface area (Å²) in [6, 6.07) is 21.0. The molecule has 3 aromatic rings. The highest BCUT2D eigenvalue weighted by atomic mass is 14.2. The number of rotatable bonds is 4. The van der Waals surface area contributed by atoms with Crippen LogP contribution in [0.3, 0.4) is 0 Å². The van der Waals surface area contributed by atoms with Gasteiger partial charge in [-0.1, -0.05) is 85.0 Å². The summed E-state index contributed by atoms with van der Waals surface area (Å²) in [5.41, 5.74) is 10.5. The molecule has 0 aliphatic heterocycles. The van der Waals surface area contributed by atoms with Gasteiger partial charge >= 0.3 is 0 Å². The second-order valence-corrected chi connectivity index (χ2v) is 6.82. The molecule has 0 unspecified atom stereocenters. The highest BCUT2D eigenvalue weighted by Gasteiger charge is 2.11. The van der Waals surface area contributed by atoms with E-state index in [2.05, 4.69) is 113 Å². The van der Waals surface area contributed by atoms with Gasteiger partial charge in [0.15, 0.2) is 0 Å². The molecule has 0 saturated carbocycles. The zero-order chi connectivity index (χ0) is 18.5. The first-order valence-electron chi connectivity index (χ1n) is 9.14. The molecule has 0 saturated heterocycles. The maximum atomic E-state index is 2.25. The molecule has 0 atom stereocenters. The fraction of sp³-hybridized carbons (Fsp3) is 0.154. The summed E-state index contributed by atoms with van der Waals surface area (Å²) in [5.74, 6) is 0. The van der Waals surface area contributed by atoms with E-state index in [1.54, 1.807) is 0 Å². The maximum absolute atomic E-state index is 2.25. The molecular formula is C26H26. The quantitative estimate of drug-likeness (QED) is 0.439. The minimum absolute atomic E-state index is 1.23. The van der Waals surface area contributed by atoms with E-state index in [1.165, 1.54) is 44.5 Å². The highest BCUT2D eigenvalue weighted by molar-refractivity contribution is 5.79. The fourth-order valence-electron chi connectivity index (χ4n) is 3.36. The van der Waals surface area contributed by atoms with Gasteiger partial charge in [-0.2, -0.15) is 0 Å². The van der Waals surface area contributed by atoms with Crippen LogP contribution in [0.25, 0.3) is 24.3 Å². The summed E-state index contributed by atoms with van der Waals surface area (Å²) in [6.45, 7) is 8.91. The van der Waals surface area contributed by atoms with E-state index in [4.69, 9.17) is 0 Å². The lowest BCUT2D eigenvalue weighted by atomic mass is 9.88. The topological polar surface area (TPSA) is 0 Å². The largest absolute Gasteiger partial charge is 0.0622 e. The van der Waals surface area contributed by atoms with Crippen molar-refractivity contribution in [1.82, 2.24) is 0 Å². The molecule has 0 heterocycles. The lowest BCUT2D eigenvalue weighted by molar-refractivity contribution is 1.21. The number of hydrogen-bond acceptors (Lipinski definition) is 0. The summed E-state index contributed by atoms with van der Waals surface area (Å²) in [6.07, 6.45) is 8.91. The Morgan fingerprint density at radius 3 is 1.04 bits per heavy atom. The Bertz CT molecular complexity index is 833. The summed E-state index contributed by atoms with van der Waals surface area (Å²) in [4.78, 5) is 0. The van der Waals surface area contributed by atoms with Crippen LogP contribution < -0.4 is 0 Å². The fourth-order valence-corrected chi connectivity index (χ4v) is 3.36. The van der Waals surface area contributed by atoms with Crippen molar-refractivity contribution >= 4 is 24.3 Å². The molecule has 130 valence electrons. The molecule has 3 rings (SSSR count). The first-order chi connectivity index (χ1) is 12.6. The van der Waals surface area contributed by atoms with Crippen molar-refractivity contribution in [3.05, 3.63) is 105 Å². The lowest BCUT2D eigenvalue weighted by Crippen LogP contribution is -1.99. The summed E-state index contributed by atoms with van der Waals surface area (Å²) >= 11 is 0. The molecule has 0 aliphatic carbocycles. The standard InChI is InChI=1S/C26H26/c1-19-20(2)26(18-16-24-13-9-6-10-14-24)22(4)21(3)25(19)17-15-23-11-7-5-8-12-23/h5-18H,1-4H3/b17-15+,18-16+. The van der Waals surface area contributed by atoms with Gasteiger partial charge < -0.3 is 0 Å². The molecule has 26 heavy (non-hydrogen) atoms. The molecule has 0 aromatic heterocycles. The van der Waals surface area contributed by atoms with E-state index in [-0.39, 0.29) is 0 Å². The Balaban J connectivity index is 2.00. The van der Waals surface area contributed by atoms with Crippen LogP contribution >= 0.6 is 0 Å². The predicted octanol–water partition coefficient (Wildman–Crippen LogP) is 7.26. The third-order valence-electron chi connectivity index (χ3n) is 5.23. The SMILES string of the molecule is Cc1c(C)c(/C=C/c2ccccc2)c(C)c(C)c1/C=C/c1ccccc1.